The lowest BCUT2D eigenvalue weighted by molar-refractivity contribution is 0.0921. The zero-order valence-electron chi connectivity index (χ0n) is 9.11. The molecule has 2 rings (SSSR count). The van der Waals surface area contributed by atoms with E-state index in [1.807, 2.05) is 22.9 Å². The molecule has 2 nitrogen and oxygen atoms in total. The Morgan fingerprint density at radius 3 is 1.56 bits per heavy atom. The van der Waals surface area contributed by atoms with Gasteiger partial charge in [-0.1, -0.05) is 0 Å². The van der Waals surface area contributed by atoms with E-state index in [-0.39, 0.29) is 24.4 Å². The summed E-state index contributed by atoms with van der Waals surface area (Å²) in [6, 6.07) is 3.69. The Bertz CT molecular complexity index is 534. The molecule has 0 aliphatic rings. The van der Waals surface area contributed by atoms with Crippen LogP contribution in [0.15, 0.2) is 31.8 Å². The Morgan fingerprint density at radius 1 is 0.889 bits per heavy atom. The summed E-state index contributed by atoms with van der Waals surface area (Å²) in [5, 5.41) is 3.71. The van der Waals surface area contributed by atoms with Gasteiger partial charge in [0, 0.05) is 21.8 Å². The molecule has 2 aromatic rings. The van der Waals surface area contributed by atoms with Crippen molar-refractivity contribution in [2.75, 3.05) is 0 Å². The number of ketones is 2. The number of carbonyl (C=O) groups excluding carboxylic acids is 2. The van der Waals surface area contributed by atoms with Crippen LogP contribution in [0.3, 0.4) is 0 Å². The summed E-state index contributed by atoms with van der Waals surface area (Å²) in [5.74, 6) is 0.0239. The van der Waals surface area contributed by atoms with Crippen LogP contribution in [0.1, 0.15) is 32.2 Å². The first-order valence-electron chi connectivity index (χ1n) is 5.12. The van der Waals surface area contributed by atoms with Gasteiger partial charge in [-0.05, 0) is 54.8 Å². The zero-order chi connectivity index (χ0) is 13.1. The van der Waals surface area contributed by atoms with Gasteiger partial charge in [-0.25, -0.2) is 0 Å². The predicted octanol–water partition coefficient (Wildman–Crippen LogP) is 5.18. The number of halogens is 2. The minimum absolute atomic E-state index is 0.0119. The van der Waals surface area contributed by atoms with Crippen molar-refractivity contribution in [3.05, 3.63) is 41.6 Å². The van der Waals surface area contributed by atoms with Gasteiger partial charge < -0.3 is 0 Å². The summed E-state index contributed by atoms with van der Waals surface area (Å²) in [4.78, 5) is 25.2. The molecule has 0 N–H and O–H groups in total. The molecule has 0 aliphatic heterocycles. The van der Waals surface area contributed by atoms with Gasteiger partial charge in [0.2, 0.25) is 0 Å². The highest BCUT2D eigenvalue weighted by atomic mass is 79.9. The number of Topliss-reactive ketones (excluding diaryl/α,β-unsaturated/α-hetero) is 2. The molecule has 0 amide bonds. The molecule has 6 heteroatoms. The molecule has 0 bridgehead atoms. The minimum Gasteiger partial charge on any atom is -0.293 e. The van der Waals surface area contributed by atoms with Crippen molar-refractivity contribution in [2.24, 2.45) is 0 Å². The zero-order valence-corrected chi connectivity index (χ0v) is 13.9. The first-order valence-corrected chi connectivity index (χ1v) is 8.46. The van der Waals surface area contributed by atoms with E-state index in [0.717, 1.165) is 8.95 Å². The van der Waals surface area contributed by atoms with Crippen molar-refractivity contribution in [1.29, 1.82) is 0 Å². The Kier molecular flexibility index (Phi) is 4.89. The van der Waals surface area contributed by atoms with Crippen LogP contribution in [0.5, 0.6) is 0 Å². The summed E-state index contributed by atoms with van der Waals surface area (Å²) in [6.07, 6.45) is 0.505. The molecule has 94 valence electrons. The highest BCUT2D eigenvalue weighted by Crippen LogP contribution is 2.27. The van der Waals surface area contributed by atoms with Crippen LogP contribution in [0.4, 0.5) is 0 Å². The standard InChI is InChI=1S/C12H8Br2O2S2/c13-7-3-5-17-11(7)9(15)1-2-10(16)12-8(14)4-6-18-12/h3-6H,1-2H2. The van der Waals surface area contributed by atoms with Crippen molar-refractivity contribution in [3.63, 3.8) is 0 Å². The van der Waals surface area contributed by atoms with Gasteiger partial charge in [-0.2, -0.15) is 0 Å². The van der Waals surface area contributed by atoms with Gasteiger partial charge >= 0.3 is 0 Å². The van der Waals surface area contributed by atoms with Crippen LogP contribution >= 0.6 is 54.5 Å². The van der Waals surface area contributed by atoms with Crippen molar-refractivity contribution in [2.45, 2.75) is 12.8 Å². The molecule has 0 radical (unpaired) electrons. The highest BCUT2D eigenvalue weighted by Gasteiger charge is 2.16. The van der Waals surface area contributed by atoms with Gasteiger partial charge in [0.25, 0.3) is 0 Å². The quantitative estimate of drug-likeness (QED) is 0.639. The molecule has 0 atom stereocenters. The van der Waals surface area contributed by atoms with Crippen LogP contribution < -0.4 is 0 Å². The molecule has 0 saturated heterocycles. The average molecular weight is 408 g/mol. The van der Waals surface area contributed by atoms with Gasteiger partial charge in [-0.3, -0.25) is 9.59 Å². The topological polar surface area (TPSA) is 34.1 Å². The third-order valence-electron chi connectivity index (χ3n) is 2.32. The third kappa shape index (κ3) is 3.17. The van der Waals surface area contributed by atoms with E-state index in [4.69, 9.17) is 0 Å². The van der Waals surface area contributed by atoms with Crippen LogP contribution in [0.2, 0.25) is 0 Å². The molecule has 2 aromatic heterocycles. The van der Waals surface area contributed by atoms with E-state index in [1.165, 1.54) is 22.7 Å². The second kappa shape index (κ2) is 6.23. The van der Waals surface area contributed by atoms with Crippen molar-refractivity contribution >= 4 is 66.1 Å². The largest absolute Gasteiger partial charge is 0.293 e. The monoisotopic (exact) mass is 406 g/mol. The van der Waals surface area contributed by atoms with Gasteiger partial charge in [-0.15, -0.1) is 22.7 Å². The second-order valence-corrected chi connectivity index (χ2v) is 7.08. The van der Waals surface area contributed by atoms with Crippen LogP contribution in [0.25, 0.3) is 0 Å². The number of rotatable bonds is 5. The Morgan fingerprint density at radius 2 is 1.28 bits per heavy atom. The molecule has 0 aliphatic carbocycles. The average Bonchev–Trinajstić information content (AvgIpc) is 2.94. The third-order valence-corrected chi connectivity index (χ3v) is 6.08. The van der Waals surface area contributed by atoms with E-state index in [2.05, 4.69) is 31.9 Å². The lowest BCUT2D eigenvalue weighted by Crippen LogP contribution is -2.03. The maximum atomic E-state index is 11.9. The van der Waals surface area contributed by atoms with Crippen LogP contribution in [-0.4, -0.2) is 11.6 Å². The first-order chi connectivity index (χ1) is 8.59. The minimum atomic E-state index is 0.0119. The fourth-order valence-electron chi connectivity index (χ4n) is 1.44. The summed E-state index contributed by atoms with van der Waals surface area (Å²) < 4.78 is 1.62. The smallest absolute Gasteiger partial charge is 0.174 e. The van der Waals surface area contributed by atoms with E-state index >= 15 is 0 Å². The summed E-state index contributed by atoms with van der Waals surface area (Å²) in [5.41, 5.74) is 0. The summed E-state index contributed by atoms with van der Waals surface area (Å²) >= 11 is 9.44. The van der Waals surface area contributed by atoms with Crippen molar-refractivity contribution in [3.8, 4) is 0 Å². The van der Waals surface area contributed by atoms with E-state index < -0.39 is 0 Å². The maximum absolute atomic E-state index is 11.9. The maximum Gasteiger partial charge on any atom is 0.174 e. The second-order valence-electron chi connectivity index (χ2n) is 3.54. The predicted molar refractivity (Wildman–Crippen MR) is 81.9 cm³/mol. The van der Waals surface area contributed by atoms with E-state index in [0.29, 0.717) is 9.75 Å². The molecule has 0 aromatic carbocycles. The number of thiophene rings is 2. The normalized spacial score (nSPS) is 10.6. The highest BCUT2D eigenvalue weighted by molar-refractivity contribution is 9.11. The van der Waals surface area contributed by atoms with Crippen molar-refractivity contribution < 1.29 is 9.59 Å². The molecule has 18 heavy (non-hydrogen) atoms. The number of hydrogen-bond acceptors (Lipinski definition) is 4. The first kappa shape index (κ1) is 14.1. The van der Waals surface area contributed by atoms with E-state index in [9.17, 15) is 9.59 Å². The summed E-state index contributed by atoms with van der Waals surface area (Å²) in [7, 11) is 0. The van der Waals surface area contributed by atoms with E-state index in [1.54, 1.807) is 0 Å². The fourth-order valence-corrected chi connectivity index (χ4v) is 4.57. The van der Waals surface area contributed by atoms with Gasteiger partial charge in [0.05, 0.1) is 9.75 Å². The lowest BCUT2D eigenvalue weighted by Gasteiger charge is -1.99. The molecular weight excluding hydrogens is 400 g/mol. The molecule has 0 fully saturated rings. The van der Waals surface area contributed by atoms with Gasteiger partial charge in [0.15, 0.2) is 11.6 Å². The Labute approximate surface area is 129 Å². The molecule has 0 spiro atoms. The number of carbonyl (C=O) groups is 2. The molecule has 2 heterocycles. The molecule has 0 unspecified atom stereocenters. The Balaban J connectivity index is 1.97. The molecule has 0 saturated carbocycles. The van der Waals surface area contributed by atoms with Crippen LogP contribution in [-0.2, 0) is 0 Å². The summed E-state index contributed by atoms with van der Waals surface area (Å²) in [6.45, 7) is 0. The Hall–Kier alpha value is -0.300. The SMILES string of the molecule is O=C(CCC(=O)c1sccc1Br)c1sccc1Br. The van der Waals surface area contributed by atoms with Crippen LogP contribution in [0, 0.1) is 0 Å². The fraction of sp³-hybridized carbons (Fsp3) is 0.167. The number of hydrogen-bond donors (Lipinski definition) is 0. The lowest BCUT2D eigenvalue weighted by atomic mass is 10.1. The molecular formula is C12H8Br2O2S2. The van der Waals surface area contributed by atoms with Gasteiger partial charge in [0.1, 0.15) is 0 Å². The van der Waals surface area contributed by atoms with Crippen molar-refractivity contribution in [1.82, 2.24) is 0 Å².